The fourth-order valence-corrected chi connectivity index (χ4v) is 1.28. The lowest BCUT2D eigenvalue weighted by Gasteiger charge is -2.13. The summed E-state index contributed by atoms with van der Waals surface area (Å²) in [5.74, 6) is -1.90. The van der Waals surface area contributed by atoms with Gasteiger partial charge in [-0.05, 0) is 18.2 Å². The van der Waals surface area contributed by atoms with Crippen molar-refractivity contribution in [2.75, 3.05) is 6.61 Å². The highest BCUT2D eigenvalue weighted by atomic mass is 16.4. The average molecular weight is 239 g/mol. The number of carbonyl (C=O) groups is 2. The van der Waals surface area contributed by atoms with E-state index in [2.05, 4.69) is 5.32 Å². The van der Waals surface area contributed by atoms with E-state index in [4.69, 9.17) is 10.2 Å². The molecule has 0 fully saturated rings. The second kappa shape index (κ2) is 5.86. The van der Waals surface area contributed by atoms with Gasteiger partial charge in [0, 0.05) is 18.6 Å². The number of benzene rings is 1. The van der Waals surface area contributed by atoms with Crippen molar-refractivity contribution in [3.05, 3.63) is 29.8 Å². The van der Waals surface area contributed by atoms with Crippen LogP contribution in [-0.4, -0.2) is 39.8 Å². The molecule has 1 aromatic rings. The minimum Gasteiger partial charge on any atom is -0.508 e. The molecule has 0 spiro atoms. The summed E-state index contributed by atoms with van der Waals surface area (Å²) in [6.45, 7) is -0.336. The predicted molar refractivity (Wildman–Crippen MR) is 58.7 cm³/mol. The van der Waals surface area contributed by atoms with Crippen molar-refractivity contribution in [1.29, 1.82) is 0 Å². The van der Waals surface area contributed by atoms with E-state index in [-0.39, 0.29) is 24.3 Å². The van der Waals surface area contributed by atoms with E-state index in [0.29, 0.717) is 0 Å². The van der Waals surface area contributed by atoms with E-state index in [9.17, 15) is 14.7 Å². The molecule has 0 saturated heterocycles. The lowest BCUT2D eigenvalue weighted by molar-refractivity contribution is -0.139. The van der Waals surface area contributed by atoms with Gasteiger partial charge >= 0.3 is 5.97 Å². The van der Waals surface area contributed by atoms with Crippen LogP contribution in [0.5, 0.6) is 5.75 Å². The zero-order valence-electron chi connectivity index (χ0n) is 8.96. The van der Waals surface area contributed by atoms with Gasteiger partial charge in [-0.3, -0.25) is 4.79 Å². The molecule has 0 saturated carbocycles. The van der Waals surface area contributed by atoms with Crippen LogP contribution in [0.25, 0.3) is 0 Å². The minimum absolute atomic E-state index is 0.0696. The van der Waals surface area contributed by atoms with Crippen LogP contribution in [-0.2, 0) is 4.79 Å². The van der Waals surface area contributed by atoms with Crippen LogP contribution < -0.4 is 5.32 Å². The number of aliphatic hydroxyl groups is 1. The molecule has 0 unspecified atom stereocenters. The third-order valence-corrected chi connectivity index (χ3v) is 2.13. The summed E-state index contributed by atoms with van der Waals surface area (Å²) in [6.07, 6.45) is -0.0696. The SMILES string of the molecule is O=C(N[C@@H](CCO)C(=O)O)c1cccc(O)c1. The molecule has 6 nitrogen and oxygen atoms in total. The molecule has 0 aliphatic heterocycles. The number of carboxylic acid groups (broad SMARTS) is 1. The van der Waals surface area contributed by atoms with Crippen LogP contribution in [0.4, 0.5) is 0 Å². The molecule has 4 N–H and O–H groups in total. The van der Waals surface area contributed by atoms with Gasteiger partial charge in [-0.25, -0.2) is 4.79 Å². The number of hydrogen-bond acceptors (Lipinski definition) is 4. The third-order valence-electron chi connectivity index (χ3n) is 2.13. The molecule has 1 atom stereocenters. The Bertz CT molecular complexity index is 418. The van der Waals surface area contributed by atoms with Crippen LogP contribution in [0.15, 0.2) is 24.3 Å². The van der Waals surface area contributed by atoms with Gasteiger partial charge in [0.15, 0.2) is 0 Å². The summed E-state index contributed by atoms with van der Waals surface area (Å²) >= 11 is 0. The maximum Gasteiger partial charge on any atom is 0.326 e. The van der Waals surface area contributed by atoms with Crippen LogP contribution in [0.3, 0.4) is 0 Å². The number of amides is 1. The highest BCUT2D eigenvalue weighted by Crippen LogP contribution is 2.11. The first-order chi connectivity index (χ1) is 8.04. The second-order valence-corrected chi connectivity index (χ2v) is 3.43. The zero-order chi connectivity index (χ0) is 12.8. The number of aliphatic carboxylic acids is 1. The molecule has 1 amide bonds. The minimum atomic E-state index is -1.22. The Kier molecular flexibility index (Phi) is 4.47. The summed E-state index contributed by atoms with van der Waals surface area (Å²) in [7, 11) is 0. The molecule has 0 radical (unpaired) electrons. The largest absolute Gasteiger partial charge is 0.508 e. The van der Waals surface area contributed by atoms with Gasteiger partial charge in [-0.2, -0.15) is 0 Å². The standard InChI is InChI=1S/C11H13NO5/c13-5-4-9(11(16)17)12-10(15)7-2-1-3-8(14)6-7/h1-3,6,9,13-14H,4-5H2,(H,12,15)(H,16,17)/t9-/m0/s1. The summed E-state index contributed by atoms with van der Waals surface area (Å²) in [5, 5.41) is 28.9. The van der Waals surface area contributed by atoms with Crippen molar-refractivity contribution in [3.63, 3.8) is 0 Å². The highest BCUT2D eigenvalue weighted by Gasteiger charge is 2.19. The molecule has 0 heterocycles. The first-order valence-corrected chi connectivity index (χ1v) is 4.98. The van der Waals surface area contributed by atoms with Gasteiger partial charge in [0.25, 0.3) is 5.91 Å². The Morgan fingerprint density at radius 2 is 2.06 bits per heavy atom. The average Bonchev–Trinajstić information content (AvgIpc) is 2.28. The fraction of sp³-hybridized carbons (Fsp3) is 0.273. The van der Waals surface area contributed by atoms with Crippen molar-refractivity contribution >= 4 is 11.9 Å². The van der Waals surface area contributed by atoms with Crippen LogP contribution >= 0.6 is 0 Å². The second-order valence-electron chi connectivity index (χ2n) is 3.43. The van der Waals surface area contributed by atoms with Gasteiger partial charge in [0.1, 0.15) is 11.8 Å². The van der Waals surface area contributed by atoms with Gasteiger partial charge in [0.2, 0.25) is 0 Å². The van der Waals surface area contributed by atoms with Crippen molar-refractivity contribution in [1.82, 2.24) is 5.32 Å². The molecule has 0 aliphatic rings. The van der Waals surface area contributed by atoms with Crippen LogP contribution in [0.1, 0.15) is 16.8 Å². The molecular formula is C11H13NO5. The van der Waals surface area contributed by atoms with Gasteiger partial charge in [0.05, 0.1) is 0 Å². The number of carbonyl (C=O) groups excluding carboxylic acids is 1. The highest BCUT2D eigenvalue weighted by molar-refractivity contribution is 5.96. The maximum absolute atomic E-state index is 11.6. The van der Waals surface area contributed by atoms with E-state index >= 15 is 0 Å². The molecular weight excluding hydrogens is 226 g/mol. The van der Waals surface area contributed by atoms with Gasteiger partial charge in [-0.15, -0.1) is 0 Å². The Labute approximate surface area is 97.5 Å². The Morgan fingerprint density at radius 3 is 2.59 bits per heavy atom. The zero-order valence-corrected chi connectivity index (χ0v) is 8.96. The van der Waals surface area contributed by atoms with Crippen molar-refractivity contribution < 1.29 is 24.9 Å². The number of carboxylic acids is 1. The van der Waals surface area contributed by atoms with E-state index in [1.54, 1.807) is 0 Å². The van der Waals surface area contributed by atoms with Crippen molar-refractivity contribution in [2.24, 2.45) is 0 Å². The van der Waals surface area contributed by atoms with E-state index < -0.39 is 17.9 Å². The Hall–Kier alpha value is -2.08. The number of nitrogens with one attached hydrogen (secondary N) is 1. The summed E-state index contributed by atoms with van der Waals surface area (Å²) in [5.41, 5.74) is 0.161. The quantitative estimate of drug-likeness (QED) is 0.576. The number of hydrogen-bond donors (Lipinski definition) is 4. The van der Waals surface area contributed by atoms with E-state index in [0.717, 1.165) is 0 Å². The molecule has 6 heteroatoms. The number of aromatic hydroxyl groups is 1. The van der Waals surface area contributed by atoms with E-state index in [1.807, 2.05) is 0 Å². The molecule has 0 aliphatic carbocycles. The Balaban J connectivity index is 2.73. The summed E-state index contributed by atoms with van der Waals surface area (Å²) < 4.78 is 0. The van der Waals surface area contributed by atoms with Gasteiger partial charge < -0.3 is 20.6 Å². The normalized spacial score (nSPS) is 11.8. The maximum atomic E-state index is 11.6. The van der Waals surface area contributed by atoms with Crippen LogP contribution in [0.2, 0.25) is 0 Å². The third kappa shape index (κ3) is 3.76. The predicted octanol–water partition coefficient (Wildman–Crippen LogP) is -0.0424. The monoisotopic (exact) mass is 239 g/mol. The van der Waals surface area contributed by atoms with Crippen LogP contribution in [0, 0.1) is 0 Å². The van der Waals surface area contributed by atoms with Crippen molar-refractivity contribution in [2.45, 2.75) is 12.5 Å². The molecule has 1 aromatic carbocycles. The summed E-state index contributed by atoms with van der Waals surface area (Å²) in [4.78, 5) is 22.4. The number of rotatable bonds is 5. The van der Waals surface area contributed by atoms with Gasteiger partial charge in [-0.1, -0.05) is 6.07 Å². The molecule has 17 heavy (non-hydrogen) atoms. The molecule has 0 aromatic heterocycles. The lowest BCUT2D eigenvalue weighted by Crippen LogP contribution is -2.41. The first kappa shape index (κ1) is 13.0. The number of aliphatic hydroxyl groups excluding tert-OH is 1. The smallest absolute Gasteiger partial charge is 0.326 e. The molecule has 0 bridgehead atoms. The lowest BCUT2D eigenvalue weighted by atomic mass is 10.1. The number of phenols is 1. The number of phenolic OH excluding ortho intramolecular Hbond substituents is 1. The summed E-state index contributed by atoms with van der Waals surface area (Å²) in [6, 6.07) is 4.42. The van der Waals surface area contributed by atoms with Crippen molar-refractivity contribution in [3.8, 4) is 5.75 Å². The van der Waals surface area contributed by atoms with E-state index in [1.165, 1.54) is 24.3 Å². The molecule has 92 valence electrons. The Morgan fingerprint density at radius 1 is 1.35 bits per heavy atom. The topological polar surface area (TPSA) is 107 Å². The first-order valence-electron chi connectivity index (χ1n) is 4.98. The molecule has 1 rings (SSSR count). The fourth-order valence-electron chi connectivity index (χ4n) is 1.28.